The molecule has 10 heteroatoms. The molecule has 3 rings (SSSR count). The second-order valence-electron chi connectivity index (χ2n) is 7.43. The number of anilines is 2. The number of hydrogen-bond acceptors (Lipinski definition) is 8. The van der Waals surface area contributed by atoms with Crippen LogP contribution in [0.5, 0.6) is 0 Å². The lowest BCUT2D eigenvalue weighted by Crippen LogP contribution is -2.43. The molecule has 31 heavy (non-hydrogen) atoms. The van der Waals surface area contributed by atoms with Crippen molar-refractivity contribution in [2.75, 3.05) is 24.4 Å². The highest BCUT2D eigenvalue weighted by Crippen LogP contribution is 2.29. The Morgan fingerprint density at radius 3 is 2.81 bits per heavy atom. The molecule has 0 spiro atoms. The predicted molar refractivity (Wildman–Crippen MR) is 123 cm³/mol. The van der Waals surface area contributed by atoms with Gasteiger partial charge in [-0.2, -0.15) is 5.26 Å². The molecule has 0 aromatic carbocycles. The van der Waals surface area contributed by atoms with Crippen LogP contribution in [0.25, 0.3) is 0 Å². The first-order valence-corrected chi connectivity index (χ1v) is 9.93. The number of aromatic nitrogens is 1. The Kier molecular flexibility index (Phi) is 8.42. The number of nitrogens with one attached hydrogen (secondary N) is 1. The summed E-state index contributed by atoms with van der Waals surface area (Å²) in [6.07, 6.45) is 10.3. The van der Waals surface area contributed by atoms with E-state index in [1.165, 1.54) is 13.2 Å². The molecule has 2 aliphatic carbocycles. The van der Waals surface area contributed by atoms with Crippen LogP contribution in [0.1, 0.15) is 48.0 Å². The summed E-state index contributed by atoms with van der Waals surface area (Å²) in [5.41, 5.74) is 13.8. The van der Waals surface area contributed by atoms with Gasteiger partial charge in [0.05, 0.1) is 16.8 Å². The van der Waals surface area contributed by atoms with Gasteiger partial charge in [-0.05, 0) is 31.1 Å². The summed E-state index contributed by atoms with van der Waals surface area (Å²) in [5, 5.41) is 16.9. The standard InChI is InChI=1S/C21H27N7O2.ClH/c1-28(15-7-5-6-14(11-15)27-30-2)21-16(19(24)29)10-13(12-22)20(26-21)25-18-9-4-3-8-17(18)23;/h5,7,10-11,17-18H,3-4,6,8-9,23H2,1-2H3,(H2,24,29)(H,25,26);1H/b27-14+;/t17-,18+;/m0./s1. The number of nitrogens with zero attached hydrogens (tertiary/aromatic N) is 4. The Labute approximate surface area is 188 Å². The maximum absolute atomic E-state index is 12.1. The molecule has 2 atom stereocenters. The van der Waals surface area contributed by atoms with E-state index in [0.717, 1.165) is 37.1 Å². The van der Waals surface area contributed by atoms with Gasteiger partial charge >= 0.3 is 0 Å². The van der Waals surface area contributed by atoms with Gasteiger partial charge in [-0.3, -0.25) is 4.79 Å². The number of allylic oxidation sites excluding steroid dienone is 3. The number of nitriles is 1. The zero-order chi connectivity index (χ0) is 21.7. The number of primary amides is 1. The summed E-state index contributed by atoms with van der Waals surface area (Å²) in [6, 6.07) is 3.60. The molecule has 1 saturated carbocycles. The van der Waals surface area contributed by atoms with Gasteiger partial charge < -0.3 is 26.5 Å². The minimum atomic E-state index is -0.659. The first-order valence-electron chi connectivity index (χ1n) is 9.93. The normalized spacial score (nSPS) is 21.5. The number of likely N-dealkylation sites (N-methyl/N-ethyl adjacent to an activating group) is 1. The summed E-state index contributed by atoms with van der Waals surface area (Å²) in [5.74, 6) is 0.0914. The van der Waals surface area contributed by atoms with Crippen LogP contribution in [0, 0.1) is 11.3 Å². The number of rotatable bonds is 6. The molecule has 9 nitrogen and oxygen atoms in total. The van der Waals surface area contributed by atoms with Crippen LogP contribution in [0.15, 0.2) is 35.1 Å². The molecule has 5 N–H and O–H groups in total. The number of carbonyl (C=O) groups is 1. The molecule has 2 aliphatic rings. The van der Waals surface area contributed by atoms with Gasteiger partial charge in [-0.1, -0.05) is 24.1 Å². The summed E-state index contributed by atoms with van der Waals surface area (Å²) < 4.78 is 0. The number of carbonyl (C=O) groups excluding carboxylic acids is 1. The number of amides is 1. The van der Waals surface area contributed by atoms with Crippen molar-refractivity contribution in [3.8, 4) is 6.07 Å². The van der Waals surface area contributed by atoms with E-state index < -0.39 is 5.91 Å². The quantitative estimate of drug-likeness (QED) is 0.570. The monoisotopic (exact) mass is 445 g/mol. The zero-order valence-corrected chi connectivity index (χ0v) is 18.5. The van der Waals surface area contributed by atoms with E-state index >= 15 is 0 Å². The highest BCUT2D eigenvalue weighted by atomic mass is 35.5. The molecule has 1 amide bonds. The van der Waals surface area contributed by atoms with Crippen molar-refractivity contribution < 1.29 is 9.63 Å². The molecule has 1 heterocycles. The Morgan fingerprint density at radius 1 is 1.42 bits per heavy atom. The topological polar surface area (TPSA) is 143 Å². The first kappa shape index (κ1) is 24.2. The molecule has 0 radical (unpaired) electrons. The zero-order valence-electron chi connectivity index (χ0n) is 17.7. The van der Waals surface area contributed by atoms with Crippen molar-refractivity contribution in [3.05, 3.63) is 41.1 Å². The molecule has 0 aliphatic heterocycles. The Hall–Kier alpha value is -3.09. The van der Waals surface area contributed by atoms with Crippen molar-refractivity contribution in [2.45, 2.75) is 44.2 Å². The van der Waals surface area contributed by atoms with Gasteiger partial charge in [0.25, 0.3) is 5.91 Å². The number of nitrogens with two attached hydrogens (primary N) is 2. The predicted octanol–water partition coefficient (Wildman–Crippen LogP) is 2.44. The lowest BCUT2D eigenvalue weighted by Gasteiger charge is -2.31. The van der Waals surface area contributed by atoms with Crippen LogP contribution in [0.4, 0.5) is 11.6 Å². The van der Waals surface area contributed by atoms with Gasteiger partial charge in [0.15, 0.2) is 0 Å². The summed E-state index contributed by atoms with van der Waals surface area (Å²) >= 11 is 0. The van der Waals surface area contributed by atoms with Gasteiger partial charge in [0.2, 0.25) is 0 Å². The molecular weight excluding hydrogens is 418 g/mol. The lowest BCUT2D eigenvalue weighted by molar-refractivity contribution is 0.100. The highest BCUT2D eigenvalue weighted by Gasteiger charge is 2.25. The average molecular weight is 446 g/mol. The van der Waals surface area contributed by atoms with E-state index in [4.69, 9.17) is 16.3 Å². The van der Waals surface area contributed by atoms with Crippen molar-refractivity contribution >= 4 is 35.7 Å². The molecule has 0 unspecified atom stereocenters. The third-order valence-electron chi connectivity index (χ3n) is 5.37. The average Bonchev–Trinajstić information content (AvgIpc) is 2.75. The van der Waals surface area contributed by atoms with Crippen LogP contribution in [-0.2, 0) is 4.84 Å². The van der Waals surface area contributed by atoms with Gasteiger partial charge in [0.1, 0.15) is 24.8 Å². The van der Waals surface area contributed by atoms with Crippen LogP contribution >= 0.6 is 12.4 Å². The molecule has 0 saturated heterocycles. The van der Waals surface area contributed by atoms with Crippen molar-refractivity contribution in [3.63, 3.8) is 0 Å². The fourth-order valence-electron chi connectivity index (χ4n) is 3.74. The first-order chi connectivity index (χ1) is 14.4. The Morgan fingerprint density at radius 2 is 2.16 bits per heavy atom. The van der Waals surface area contributed by atoms with E-state index in [2.05, 4.69) is 21.5 Å². The number of oxime groups is 1. The Balaban J connectivity index is 0.00000341. The molecule has 1 fully saturated rings. The fourth-order valence-corrected chi connectivity index (χ4v) is 3.74. The summed E-state index contributed by atoms with van der Waals surface area (Å²) in [7, 11) is 3.27. The largest absolute Gasteiger partial charge is 0.399 e. The molecule has 0 bridgehead atoms. The SMILES string of the molecule is CO/N=C1/C=C(N(C)c2nc(N[C@@H]3CCCC[C@@H]3N)c(C#N)cc2C(N)=O)C=CC1.Cl. The lowest BCUT2D eigenvalue weighted by atomic mass is 9.91. The van der Waals surface area contributed by atoms with Crippen molar-refractivity contribution in [2.24, 2.45) is 16.6 Å². The molecule has 1 aromatic rings. The van der Waals surface area contributed by atoms with E-state index in [9.17, 15) is 10.1 Å². The summed E-state index contributed by atoms with van der Waals surface area (Å²) in [4.78, 5) is 23.4. The second kappa shape index (κ2) is 10.8. The van der Waals surface area contributed by atoms with E-state index in [-0.39, 0.29) is 35.6 Å². The van der Waals surface area contributed by atoms with Crippen LogP contribution in [0.2, 0.25) is 0 Å². The fraction of sp³-hybridized carbons (Fsp3) is 0.429. The minimum absolute atomic E-state index is 0. The third-order valence-corrected chi connectivity index (χ3v) is 5.37. The van der Waals surface area contributed by atoms with Crippen LogP contribution in [-0.4, -0.2) is 42.8 Å². The molecule has 166 valence electrons. The molecular formula is C21H28ClN7O2. The Bertz CT molecular complexity index is 952. The van der Waals surface area contributed by atoms with E-state index in [0.29, 0.717) is 18.1 Å². The third kappa shape index (κ3) is 5.54. The maximum atomic E-state index is 12.1. The minimum Gasteiger partial charge on any atom is -0.399 e. The number of pyridine rings is 1. The smallest absolute Gasteiger partial charge is 0.252 e. The van der Waals surface area contributed by atoms with Crippen molar-refractivity contribution in [1.82, 2.24) is 4.98 Å². The number of hydrogen-bond donors (Lipinski definition) is 3. The van der Waals surface area contributed by atoms with E-state index in [1.54, 1.807) is 11.9 Å². The van der Waals surface area contributed by atoms with Crippen LogP contribution in [0.3, 0.4) is 0 Å². The number of halogens is 1. The maximum Gasteiger partial charge on any atom is 0.252 e. The second-order valence-corrected chi connectivity index (χ2v) is 7.43. The molecule has 1 aromatic heterocycles. The van der Waals surface area contributed by atoms with Gasteiger partial charge in [0, 0.05) is 31.2 Å². The van der Waals surface area contributed by atoms with Crippen molar-refractivity contribution in [1.29, 1.82) is 5.26 Å². The van der Waals surface area contributed by atoms with E-state index in [1.807, 2.05) is 18.2 Å². The summed E-state index contributed by atoms with van der Waals surface area (Å²) in [6.45, 7) is 0. The van der Waals surface area contributed by atoms with Gasteiger partial charge in [-0.15, -0.1) is 12.4 Å². The van der Waals surface area contributed by atoms with Gasteiger partial charge in [-0.25, -0.2) is 4.98 Å². The highest BCUT2D eigenvalue weighted by molar-refractivity contribution is 6.01. The van der Waals surface area contributed by atoms with Crippen LogP contribution < -0.4 is 21.7 Å².